The second-order valence-electron chi connectivity index (χ2n) is 9.96. The molecule has 3 heterocycles. The highest BCUT2D eigenvalue weighted by molar-refractivity contribution is 7.80. The smallest absolute Gasteiger partial charge is 0.250 e. The normalized spacial score (nSPS) is 16.5. The molecule has 41 heavy (non-hydrogen) atoms. The number of rotatable bonds is 8. The van der Waals surface area contributed by atoms with Crippen molar-refractivity contribution >= 4 is 46.2 Å². The first-order valence-corrected chi connectivity index (χ1v) is 13.9. The van der Waals surface area contributed by atoms with Crippen molar-refractivity contribution in [3.63, 3.8) is 0 Å². The van der Waals surface area contributed by atoms with Crippen LogP contribution in [0.5, 0.6) is 5.75 Å². The largest absolute Gasteiger partial charge is 0.495 e. The Hall–Kier alpha value is -3.92. The van der Waals surface area contributed by atoms with Crippen molar-refractivity contribution in [1.29, 1.82) is 0 Å². The van der Waals surface area contributed by atoms with E-state index in [0.29, 0.717) is 10.1 Å². The molecule has 1 amide bonds. The fourth-order valence-corrected chi connectivity index (χ4v) is 6.01. The average Bonchev–Trinajstić information content (AvgIpc) is 3.45. The fraction of sp³-hybridized carbons (Fsp3) is 0.258. The number of amides is 1. The zero-order chi connectivity index (χ0) is 29.3. The Morgan fingerprint density at radius 1 is 1.10 bits per heavy atom. The molecule has 2 aromatic heterocycles. The number of hydrogen-bond acceptors (Lipinski definition) is 5. The van der Waals surface area contributed by atoms with Gasteiger partial charge in [0.15, 0.2) is 5.11 Å². The molecule has 8 nitrogen and oxygen atoms in total. The lowest BCUT2D eigenvalue weighted by molar-refractivity contribution is -0.119. The maximum absolute atomic E-state index is 12.1. The Morgan fingerprint density at radius 2 is 1.90 bits per heavy atom. The lowest BCUT2D eigenvalue weighted by Gasteiger charge is -2.29. The first kappa shape index (κ1) is 28.6. The van der Waals surface area contributed by atoms with E-state index in [1.165, 1.54) is 7.11 Å². The summed E-state index contributed by atoms with van der Waals surface area (Å²) in [7, 11) is 3.15. The van der Waals surface area contributed by atoms with Crippen LogP contribution < -0.4 is 20.3 Å². The number of ether oxygens (including phenoxy) is 2. The molecule has 1 saturated heterocycles. The molecular formula is C31H32ClN5O3S. The Bertz CT molecular complexity index is 1610. The lowest BCUT2D eigenvalue weighted by atomic mass is 9.96. The minimum atomic E-state index is -0.212. The zero-order valence-electron chi connectivity index (χ0n) is 23.6. The number of carbonyl (C=O) groups is 1. The molecule has 2 aromatic carbocycles. The predicted molar refractivity (Wildman–Crippen MR) is 166 cm³/mol. The van der Waals surface area contributed by atoms with Gasteiger partial charge in [0, 0.05) is 41.1 Å². The SMILES string of the molecule is COCC(=O)Nc1ccc(N2C(=S)N[C@@H](c3ccccn3)[C@@H]2c2cc(C)n(-c3cc(Cl)ccc3OC)c2C)cc1C. The summed E-state index contributed by atoms with van der Waals surface area (Å²) in [6.45, 7) is 6.11. The van der Waals surface area contributed by atoms with Crippen LogP contribution in [0.25, 0.3) is 5.69 Å². The van der Waals surface area contributed by atoms with E-state index in [2.05, 4.69) is 45.0 Å². The van der Waals surface area contributed by atoms with E-state index in [4.69, 9.17) is 33.3 Å². The molecule has 0 bridgehead atoms. The standard InChI is InChI=1S/C31H32ClN5O3S/c1-18-14-22(10-11-24(18)34-28(38)17-39-4)37-30(29(35-31(37)41)25-8-6-7-13-33-25)23-15-19(2)36(20(23)3)26-16-21(32)9-12-27(26)40-5/h6-16,29-30H,17H2,1-5H3,(H,34,38)(H,35,41)/t29-,30-/m0/s1. The van der Waals surface area contributed by atoms with E-state index in [9.17, 15) is 4.79 Å². The van der Waals surface area contributed by atoms with Crippen molar-refractivity contribution in [1.82, 2.24) is 14.9 Å². The quantitative estimate of drug-likeness (QED) is 0.236. The number of anilines is 2. The second kappa shape index (κ2) is 11.9. The maximum Gasteiger partial charge on any atom is 0.250 e. The first-order valence-electron chi connectivity index (χ1n) is 13.2. The Balaban J connectivity index is 1.63. The third-order valence-electron chi connectivity index (χ3n) is 7.31. The highest BCUT2D eigenvalue weighted by atomic mass is 35.5. The second-order valence-corrected chi connectivity index (χ2v) is 10.8. The Morgan fingerprint density at radius 3 is 2.59 bits per heavy atom. The molecule has 1 aliphatic heterocycles. The third-order valence-corrected chi connectivity index (χ3v) is 7.86. The summed E-state index contributed by atoms with van der Waals surface area (Å²) in [4.78, 5) is 19.0. The van der Waals surface area contributed by atoms with E-state index < -0.39 is 0 Å². The molecule has 5 rings (SSSR count). The van der Waals surface area contributed by atoms with E-state index in [1.54, 1.807) is 13.3 Å². The van der Waals surface area contributed by atoms with E-state index in [1.807, 2.05) is 61.5 Å². The number of carbonyl (C=O) groups excluding carboxylic acids is 1. The summed E-state index contributed by atoms with van der Waals surface area (Å²) in [6, 6.07) is 19.2. The molecule has 0 saturated carbocycles. The van der Waals surface area contributed by atoms with E-state index in [-0.39, 0.29) is 24.6 Å². The average molecular weight is 590 g/mol. The summed E-state index contributed by atoms with van der Waals surface area (Å²) >= 11 is 12.4. The Kier molecular flexibility index (Phi) is 8.30. The molecule has 1 fully saturated rings. The zero-order valence-corrected chi connectivity index (χ0v) is 25.1. The molecule has 2 atom stereocenters. The number of methoxy groups -OCH3 is 2. The van der Waals surface area contributed by atoms with E-state index in [0.717, 1.165) is 51.0 Å². The van der Waals surface area contributed by atoms with Gasteiger partial charge in [-0.1, -0.05) is 17.7 Å². The molecular weight excluding hydrogens is 558 g/mol. The molecule has 0 spiro atoms. The van der Waals surface area contributed by atoms with Crippen LogP contribution >= 0.6 is 23.8 Å². The molecule has 212 valence electrons. The minimum absolute atomic E-state index is 0.0117. The number of thiocarbonyl (C=S) groups is 1. The van der Waals surface area contributed by atoms with Gasteiger partial charge in [-0.3, -0.25) is 9.78 Å². The van der Waals surface area contributed by atoms with Crippen LogP contribution in [-0.2, 0) is 9.53 Å². The number of aromatic nitrogens is 2. The van der Waals surface area contributed by atoms with Gasteiger partial charge in [-0.05, 0) is 98.7 Å². The van der Waals surface area contributed by atoms with Gasteiger partial charge in [-0.2, -0.15) is 0 Å². The van der Waals surface area contributed by atoms with Gasteiger partial charge in [0.25, 0.3) is 0 Å². The van der Waals surface area contributed by atoms with Crippen LogP contribution in [0.2, 0.25) is 5.02 Å². The van der Waals surface area contributed by atoms with E-state index >= 15 is 0 Å². The van der Waals surface area contributed by atoms with Crippen LogP contribution in [0.3, 0.4) is 0 Å². The summed E-state index contributed by atoms with van der Waals surface area (Å²) in [5.74, 6) is 0.515. The molecule has 2 N–H and O–H groups in total. The van der Waals surface area contributed by atoms with Gasteiger partial charge in [0.1, 0.15) is 12.4 Å². The summed E-state index contributed by atoms with van der Waals surface area (Å²) in [5.41, 5.74) is 7.42. The monoisotopic (exact) mass is 589 g/mol. The number of halogens is 1. The van der Waals surface area contributed by atoms with Gasteiger partial charge in [-0.25, -0.2) is 0 Å². The Labute approximate surface area is 250 Å². The third kappa shape index (κ3) is 5.53. The number of nitrogens with zero attached hydrogens (tertiary/aromatic N) is 3. The van der Waals surface area contributed by atoms with Crippen LogP contribution in [0.15, 0.2) is 66.9 Å². The van der Waals surface area contributed by atoms with Gasteiger partial charge in [0.05, 0.1) is 30.6 Å². The first-order chi connectivity index (χ1) is 19.7. The van der Waals surface area contributed by atoms with Crippen LogP contribution in [0, 0.1) is 20.8 Å². The van der Waals surface area contributed by atoms with Crippen LogP contribution in [-0.4, -0.2) is 41.4 Å². The minimum Gasteiger partial charge on any atom is -0.495 e. The predicted octanol–water partition coefficient (Wildman–Crippen LogP) is 6.22. The van der Waals surface area contributed by atoms with Crippen molar-refractivity contribution in [2.24, 2.45) is 0 Å². The highest BCUT2D eigenvalue weighted by Gasteiger charge is 2.42. The van der Waals surface area contributed by atoms with Crippen LogP contribution in [0.4, 0.5) is 11.4 Å². The number of benzene rings is 2. The molecule has 0 aliphatic carbocycles. The topological polar surface area (TPSA) is 80.7 Å². The van der Waals surface area contributed by atoms with Gasteiger partial charge >= 0.3 is 0 Å². The van der Waals surface area contributed by atoms with Crippen molar-refractivity contribution in [3.8, 4) is 11.4 Å². The maximum atomic E-state index is 12.1. The number of pyridine rings is 1. The summed E-state index contributed by atoms with van der Waals surface area (Å²) in [6.07, 6.45) is 1.79. The molecule has 10 heteroatoms. The number of nitrogens with one attached hydrogen (secondary N) is 2. The van der Waals surface area contributed by atoms with Crippen LogP contribution in [0.1, 0.15) is 40.3 Å². The van der Waals surface area contributed by atoms with Gasteiger partial charge < -0.3 is 29.6 Å². The number of hydrogen-bond donors (Lipinski definition) is 2. The lowest BCUT2D eigenvalue weighted by Crippen LogP contribution is -2.29. The van der Waals surface area contributed by atoms with Gasteiger partial charge in [-0.15, -0.1) is 0 Å². The highest BCUT2D eigenvalue weighted by Crippen LogP contribution is 2.45. The van der Waals surface area contributed by atoms with Crippen molar-refractivity contribution < 1.29 is 14.3 Å². The molecule has 0 unspecified atom stereocenters. The molecule has 0 radical (unpaired) electrons. The molecule has 1 aliphatic rings. The van der Waals surface area contributed by atoms with Gasteiger partial charge in [0.2, 0.25) is 5.91 Å². The van der Waals surface area contributed by atoms with Crippen molar-refractivity contribution in [2.75, 3.05) is 31.0 Å². The molecule has 4 aromatic rings. The van der Waals surface area contributed by atoms with Crippen molar-refractivity contribution in [2.45, 2.75) is 32.9 Å². The van der Waals surface area contributed by atoms with Crippen molar-refractivity contribution in [3.05, 3.63) is 100 Å². The summed E-state index contributed by atoms with van der Waals surface area (Å²) in [5, 5.41) is 7.65. The number of aryl methyl sites for hydroxylation is 2. The fourth-order valence-electron chi connectivity index (χ4n) is 5.50. The summed E-state index contributed by atoms with van der Waals surface area (Å²) < 4.78 is 12.8.